The summed E-state index contributed by atoms with van der Waals surface area (Å²) in [5.74, 6) is 1.44. The Kier molecular flexibility index (Phi) is 7.59. The molecule has 0 bridgehead atoms. The second-order valence-corrected chi connectivity index (χ2v) is 10.9. The van der Waals surface area contributed by atoms with E-state index in [0.29, 0.717) is 84.3 Å². The van der Waals surface area contributed by atoms with Gasteiger partial charge in [-0.05, 0) is 43.7 Å². The molecule has 40 heavy (non-hydrogen) atoms. The number of hydrogen-bond acceptors (Lipinski definition) is 11. The number of benzene rings is 1. The van der Waals surface area contributed by atoms with E-state index in [0.717, 1.165) is 18.5 Å². The van der Waals surface area contributed by atoms with Gasteiger partial charge in [0.2, 0.25) is 5.95 Å². The van der Waals surface area contributed by atoms with E-state index in [2.05, 4.69) is 48.1 Å². The number of rotatable bonds is 11. The van der Waals surface area contributed by atoms with E-state index in [1.165, 1.54) is 23.6 Å². The molecule has 0 radical (unpaired) electrons. The predicted molar refractivity (Wildman–Crippen MR) is 150 cm³/mol. The zero-order chi connectivity index (χ0) is 27.6. The number of aromatic nitrogens is 4. The molecule has 0 spiro atoms. The highest BCUT2D eigenvalue weighted by molar-refractivity contribution is 6.36. The van der Waals surface area contributed by atoms with E-state index < -0.39 is 0 Å². The molecule has 208 valence electrons. The summed E-state index contributed by atoms with van der Waals surface area (Å²) in [5.41, 5.74) is 2.47. The van der Waals surface area contributed by atoms with Crippen LogP contribution >= 0.6 is 11.6 Å². The summed E-state index contributed by atoms with van der Waals surface area (Å²) in [6.45, 7) is 3.22. The van der Waals surface area contributed by atoms with Crippen LogP contribution in [0.4, 0.5) is 23.1 Å². The van der Waals surface area contributed by atoms with Crippen molar-refractivity contribution in [2.45, 2.75) is 43.9 Å². The Morgan fingerprint density at radius 2 is 2.08 bits per heavy atom. The van der Waals surface area contributed by atoms with Gasteiger partial charge in [-0.1, -0.05) is 11.6 Å². The Morgan fingerprint density at radius 3 is 2.80 bits per heavy atom. The van der Waals surface area contributed by atoms with Crippen LogP contribution in [0.5, 0.6) is 0 Å². The van der Waals surface area contributed by atoms with Gasteiger partial charge in [-0.2, -0.15) is 20.0 Å². The summed E-state index contributed by atoms with van der Waals surface area (Å²) in [6, 6.07) is 8.48. The van der Waals surface area contributed by atoms with Crippen LogP contribution in [0, 0.1) is 28.6 Å². The molecule has 3 aromatic rings. The maximum absolute atomic E-state index is 9.80. The van der Waals surface area contributed by atoms with E-state index in [9.17, 15) is 10.5 Å². The topological polar surface area (TPSA) is 148 Å². The van der Waals surface area contributed by atoms with Crippen molar-refractivity contribution in [1.29, 1.82) is 10.5 Å². The van der Waals surface area contributed by atoms with Crippen molar-refractivity contribution < 1.29 is 9.47 Å². The minimum Gasteiger partial charge on any atom is -0.383 e. The normalized spacial score (nSPS) is 19.7. The van der Waals surface area contributed by atoms with Gasteiger partial charge in [0.05, 0.1) is 53.5 Å². The van der Waals surface area contributed by atoms with Crippen molar-refractivity contribution in [3.05, 3.63) is 34.6 Å². The standard InChI is InChI=1S/C27H31ClN10O2/c1-39-15-22(17-2-3-17)31-13-20-14-37(6-7-40-20)23-9-16(10-29)8-21(24(23)28)34-27-35-25(33-18-4-5-18)26-32-12-19(11-30)38(26)36-27/h8-9,12,17-18,20,22,31H,2-7,13-15H2,1H3,(H2,33,34,35,36)/t20-,22-/m0/s1. The lowest BCUT2D eigenvalue weighted by Crippen LogP contribution is -2.49. The maximum Gasteiger partial charge on any atom is 0.247 e. The Morgan fingerprint density at radius 1 is 1.23 bits per heavy atom. The molecular formula is C27H31ClN10O2. The molecule has 2 saturated carbocycles. The van der Waals surface area contributed by atoms with E-state index in [1.54, 1.807) is 19.2 Å². The molecular weight excluding hydrogens is 532 g/mol. The number of imidazole rings is 1. The summed E-state index contributed by atoms with van der Waals surface area (Å²) in [5, 5.41) is 34.5. The van der Waals surface area contributed by atoms with Gasteiger partial charge in [0.1, 0.15) is 6.07 Å². The first-order chi connectivity index (χ1) is 19.6. The molecule has 0 amide bonds. The van der Waals surface area contributed by atoms with Crippen LogP contribution in [-0.2, 0) is 9.47 Å². The van der Waals surface area contributed by atoms with E-state index in [1.807, 2.05) is 0 Å². The SMILES string of the molecule is COC[C@H](NC[C@H]1CN(c2cc(C#N)cc(Nc3nc(NC4CC4)c4ncc(C#N)n4n3)c2Cl)CCO1)C1CC1. The average Bonchev–Trinajstić information content (AvgIpc) is 3.91. The van der Waals surface area contributed by atoms with Gasteiger partial charge in [0, 0.05) is 38.8 Å². The largest absolute Gasteiger partial charge is 0.383 e. The average molecular weight is 563 g/mol. The number of nitriles is 2. The van der Waals surface area contributed by atoms with Crippen molar-refractivity contribution in [1.82, 2.24) is 24.9 Å². The molecule has 3 fully saturated rings. The van der Waals surface area contributed by atoms with Crippen LogP contribution in [-0.4, -0.2) is 77.7 Å². The highest BCUT2D eigenvalue weighted by Gasteiger charge is 2.32. The minimum atomic E-state index is -0.0301. The van der Waals surface area contributed by atoms with Gasteiger partial charge in [0.15, 0.2) is 17.2 Å². The number of fused-ring (bicyclic) bond motifs is 1. The Hall–Kier alpha value is -3.68. The zero-order valence-corrected chi connectivity index (χ0v) is 23.0. The molecule has 3 aliphatic rings. The molecule has 13 heteroatoms. The monoisotopic (exact) mass is 562 g/mol. The molecule has 2 aliphatic carbocycles. The van der Waals surface area contributed by atoms with Crippen molar-refractivity contribution in [2.24, 2.45) is 5.92 Å². The number of halogens is 1. The van der Waals surface area contributed by atoms with E-state index >= 15 is 0 Å². The molecule has 6 rings (SSSR count). The smallest absolute Gasteiger partial charge is 0.247 e. The highest BCUT2D eigenvalue weighted by Crippen LogP contribution is 2.37. The van der Waals surface area contributed by atoms with Gasteiger partial charge in [-0.3, -0.25) is 0 Å². The molecule has 12 nitrogen and oxygen atoms in total. The Balaban J connectivity index is 1.24. The third-order valence-corrected chi connectivity index (χ3v) is 7.85. The molecule has 1 aromatic carbocycles. The van der Waals surface area contributed by atoms with Crippen LogP contribution in [0.2, 0.25) is 5.02 Å². The number of methoxy groups -OCH3 is 1. The lowest BCUT2D eigenvalue weighted by Gasteiger charge is -2.36. The summed E-state index contributed by atoms with van der Waals surface area (Å²) < 4.78 is 12.9. The summed E-state index contributed by atoms with van der Waals surface area (Å²) in [4.78, 5) is 11.1. The Labute approximate surface area is 237 Å². The molecule has 0 unspecified atom stereocenters. The lowest BCUT2D eigenvalue weighted by molar-refractivity contribution is 0.0357. The third-order valence-electron chi connectivity index (χ3n) is 7.45. The first-order valence-electron chi connectivity index (χ1n) is 13.6. The molecule has 3 heterocycles. The van der Waals surface area contributed by atoms with Gasteiger partial charge in [-0.15, -0.1) is 5.10 Å². The van der Waals surface area contributed by atoms with Crippen LogP contribution in [0.15, 0.2) is 18.3 Å². The summed E-state index contributed by atoms with van der Waals surface area (Å²) in [7, 11) is 1.73. The van der Waals surface area contributed by atoms with Crippen molar-refractivity contribution >= 4 is 40.4 Å². The van der Waals surface area contributed by atoms with Crippen molar-refractivity contribution in [3.8, 4) is 12.1 Å². The fraction of sp³-hybridized carbons (Fsp3) is 0.519. The summed E-state index contributed by atoms with van der Waals surface area (Å²) in [6.07, 6.45) is 6.01. The van der Waals surface area contributed by atoms with Gasteiger partial charge in [-0.25, -0.2) is 4.98 Å². The predicted octanol–water partition coefficient (Wildman–Crippen LogP) is 3.06. The second kappa shape index (κ2) is 11.4. The summed E-state index contributed by atoms with van der Waals surface area (Å²) >= 11 is 6.95. The third kappa shape index (κ3) is 5.76. The number of hydrogen-bond donors (Lipinski definition) is 3. The van der Waals surface area contributed by atoms with Gasteiger partial charge in [0.25, 0.3) is 0 Å². The molecule has 2 aromatic heterocycles. The Bertz CT molecular complexity index is 1470. The van der Waals surface area contributed by atoms with Crippen LogP contribution < -0.4 is 20.9 Å². The fourth-order valence-electron chi connectivity index (χ4n) is 5.03. The highest BCUT2D eigenvalue weighted by atomic mass is 35.5. The van der Waals surface area contributed by atoms with Crippen LogP contribution in [0.3, 0.4) is 0 Å². The maximum atomic E-state index is 9.80. The molecule has 1 aliphatic heterocycles. The van der Waals surface area contributed by atoms with E-state index in [-0.39, 0.29) is 12.1 Å². The second-order valence-electron chi connectivity index (χ2n) is 10.5. The molecule has 2 atom stereocenters. The zero-order valence-electron chi connectivity index (χ0n) is 22.2. The molecule has 3 N–H and O–H groups in total. The first kappa shape index (κ1) is 26.5. The number of anilines is 4. The minimum absolute atomic E-state index is 0.0301. The van der Waals surface area contributed by atoms with Crippen molar-refractivity contribution in [2.75, 3.05) is 55.5 Å². The fourth-order valence-corrected chi connectivity index (χ4v) is 5.30. The van der Waals surface area contributed by atoms with Crippen LogP contribution in [0.1, 0.15) is 36.9 Å². The number of nitrogens with zero attached hydrogens (tertiary/aromatic N) is 7. The van der Waals surface area contributed by atoms with Gasteiger partial charge >= 0.3 is 0 Å². The lowest BCUT2D eigenvalue weighted by atomic mass is 10.1. The van der Waals surface area contributed by atoms with E-state index in [4.69, 9.17) is 21.1 Å². The molecule has 1 saturated heterocycles. The van der Waals surface area contributed by atoms with Crippen molar-refractivity contribution in [3.63, 3.8) is 0 Å². The van der Waals surface area contributed by atoms with Gasteiger partial charge < -0.3 is 30.3 Å². The number of nitrogens with one attached hydrogen (secondary N) is 3. The first-order valence-corrected chi connectivity index (χ1v) is 14.0. The quantitative estimate of drug-likeness (QED) is 0.316. The number of ether oxygens (including phenoxy) is 2. The van der Waals surface area contributed by atoms with Crippen LogP contribution in [0.25, 0.3) is 5.65 Å². The number of morpholine rings is 1.